The number of carbonyl (C=O) groups is 2. The van der Waals surface area contributed by atoms with Crippen LogP contribution in [0.15, 0.2) is 29.6 Å². The molecule has 7 heteroatoms. The summed E-state index contributed by atoms with van der Waals surface area (Å²) in [5.41, 5.74) is 0.839. The second kappa shape index (κ2) is 8.23. The van der Waals surface area contributed by atoms with Gasteiger partial charge in [-0.15, -0.1) is 11.3 Å². The topological polar surface area (TPSA) is 67.9 Å². The van der Waals surface area contributed by atoms with Gasteiger partial charge in [0.15, 0.2) is 11.5 Å². The second-order valence-corrected chi connectivity index (χ2v) is 6.98. The number of ether oxygens (including phenoxy) is 2. The predicted molar refractivity (Wildman–Crippen MR) is 102 cm³/mol. The van der Waals surface area contributed by atoms with Crippen LogP contribution in [-0.2, 0) is 0 Å². The largest absolute Gasteiger partial charge is 0.493 e. The summed E-state index contributed by atoms with van der Waals surface area (Å²) in [6.45, 7) is 1.46. The lowest BCUT2D eigenvalue weighted by molar-refractivity contribution is 0.0725. The van der Waals surface area contributed by atoms with E-state index < -0.39 is 0 Å². The number of benzene rings is 1. The van der Waals surface area contributed by atoms with E-state index in [1.807, 2.05) is 16.3 Å². The van der Waals surface area contributed by atoms with E-state index >= 15 is 0 Å². The summed E-state index contributed by atoms with van der Waals surface area (Å²) >= 11 is 1.35. The molecule has 0 unspecified atom stereocenters. The van der Waals surface area contributed by atoms with E-state index in [2.05, 4.69) is 5.32 Å². The van der Waals surface area contributed by atoms with Crippen molar-refractivity contribution in [3.8, 4) is 11.5 Å². The van der Waals surface area contributed by atoms with Crippen LogP contribution < -0.4 is 14.8 Å². The Morgan fingerprint density at radius 2 is 1.77 bits per heavy atom. The van der Waals surface area contributed by atoms with Crippen LogP contribution in [-0.4, -0.2) is 44.0 Å². The summed E-state index contributed by atoms with van der Waals surface area (Å²) < 4.78 is 10.7. The average molecular weight is 374 g/mol. The fraction of sp³-hybridized carbons (Fsp3) is 0.368. The van der Waals surface area contributed by atoms with Crippen molar-refractivity contribution < 1.29 is 19.1 Å². The Hall–Kier alpha value is -2.54. The summed E-state index contributed by atoms with van der Waals surface area (Å²) in [4.78, 5) is 27.9. The maximum absolute atomic E-state index is 13.0. The monoisotopic (exact) mass is 374 g/mol. The van der Waals surface area contributed by atoms with Gasteiger partial charge in [-0.05, 0) is 36.8 Å². The Labute approximate surface area is 156 Å². The fourth-order valence-corrected chi connectivity index (χ4v) is 3.64. The molecule has 1 N–H and O–H groups in total. The van der Waals surface area contributed by atoms with Crippen LogP contribution in [0.1, 0.15) is 39.3 Å². The van der Waals surface area contributed by atoms with E-state index in [9.17, 15) is 9.59 Å². The molecule has 1 aliphatic heterocycles. The molecule has 26 heavy (non-hydrogen) atoms. The van der Waals surface area contributed by atoms with Crippen molar-refractivity contribution in [3.05, 3.63) is 40.1 Å². The van der Waals surface area contributed by atoms with Gasteiger partial charge < -0.3 is 19.7 Å². The zero-order valence-electron chi connectivity index (χ0n) is 14.9. The van der Waals surface area contributed by atoms with Crippen molar-refractivity contribution in [2.75, 3.05) is 32.6 Å². The van der Waals surface area contributed by atoms with Crippen LogP contribution in [0.3, 0.4) is 0 Å². The first-order valence-corrected chi connectivity index (χ1v) is 9.42. The number of thiophene rings is 1. The van der Waals surface area contributed by atoms with Crippen LogP contribution in [0.2, 0.25) is 0 Å². The third-order valence-corrected chi connectivity index (χ3v) is 5.26. The first-order chi connectivity index (χ1) is 12.6. The number of methoxy groups -OCH3 is 2. The third kappa shape index (κ3) is 3.83. The molecule has 6 nitrogen and oxygen atoms in total. The number of carbonyl (C=O) groups excluding carboxylic acids is 2. The zero-order chi connectivity index (χ0) is 18.5. The normalized spacial score (nSPS) is 14.0. The zero-order valence-corrected chi connectivity index (χ0v) is 15.7. The van der Waals surface area contributed by atoms with Crippen LogP contribution in [0.5, 0.6) is 11.5 Å². The summed E-state index contributed by atoms with van der Waals surface area (Å²) in [5, 5.41) is 4.68. The van der Waals surface area contributed by atoms with E-state index in [4.69, 9.17) is 9.47 Å². The average Bonchev–Trinajstić information content (AvgIpc) is 3.22. The molecule has 0 atom stereocenters. The number of piperidine rings is 1. The lowest BCUT2D eigenvalue weighted by Gasteiger charge is -2.28. The SMILES string of the molecule is COc1cc(NC(=O)c2cccs2)c(C(=O)N2CCCCC2)cc1OC. The molecule has 1 saturated heterocycles. The molecular weight excluding hydrogens is 352 g/mol. The minimum atomic E-state index is -0.250. The molecule has 1 aromatic carbocycles. The van der Waals surface area contributed by atoms with Crippen molar-refractivity contribution in [3.63, 3.8) is 0 Å². The first kappa shape index (κ1) is 18.3. The number of nitrogens with zero attached hydrogens (tertiary/aromatic N) is 1. The van der Waals surface area contributed by atoms with Crippen molar-refractivity contribution in [1.29, 1.82) is 0 Å². The van der Waals surface area contributed by atoms with Crippen LogP contribution in [0.4, 0.5) is 5.69 Å². The number of anilines is 1. The van der Waals surface area contributed by atoms with Crippen molar-refractivity contribution in [1.82, 2.24) is 4.90 Å². The van der Waals surface area contributed by atoms with Gasteiger partial charge in [0, 0.05) is 19.2 Å². The van der Waals surface area contributed by atoms with Crippen LogP contribution in [0, 0.1) is 0 Å². The maximum atomic E-state index is 13.0. The molecule has 0 bridgehead atoms. The van der Waals surface area contributed by atoms with E-state index in [1.54, 1.807) is 18.2 Å². The van der Waals surface area contributed by atoms with E-state index in [-0.39, 0.29) is 11.8 Å². The Balaban J connectivity index is 1.96. The number of rotatable bonds is 5. The molecule has 1 fully saturated rings. The van der Waals surface area contributed by atoms with Gasteiger partial charge in [0.2, 0.25) is 0 Å². The molecule has 0 radical (unpaired) electrons. The highest BCUT2D eigenvalue weighted by Gasteiger charge is 2.24. The highest BCUT2D eigenvalue weighted by molar-refractivity contribution is 7.12. The smallest absolute Gasteiger partial charge is 0.265 e. The molecular formula is C19H22N2O4S. The minimum Gasteiger partial charge on any atom is -0.493 e. The Morgan fingerprint density at radius 3 is 2.38 bits per heavy atom. The molecule has 2 amide bonds. The Bertz CT molecular complexity index is 783. The van der Waals surface area contributed by atoms with E-state index in [0.717, 1.165) is 32.4 Å². The predicted octanol–water partition coefficient (Wildman–Crippen LogP) is 3.64. The molecule has 3 rings (SSSR count). The molecule has 0 spiro atoms. The number of amides is 2. The Morgan fingerprint density at radius 1 is 1.08 bits per heavy atom. The molecule has 1 aromatic heterocycles. The van der Waals surface area contributed by atoms with Gasteiger partial charge in [-0.1, -0.05) is 6.07 Å². The lowest BCUT2D eigenvalue weighted by Crippen LogP contribution is -2.36. The number of likely N-dealkylation sites (tertiary alicyclic amines) is 1. The maximum Gasteiger partial charge on any atom is 0.265 e. The molecule has 0 aliphatic carbocycles. The van der Waals surface area contributed by atoms with E-state index in [0.29, 0.717) is 27.6 Å². The van der Waals surface area contributed by atoms with Crippen LogP contribution in [0.25, 0.3) is 0 Å². The molecule has 138 valence electrons. The summed E-state index contributed by atoms with van der Waals surface area (Å²) in [6.07, 6.45) is 3.13. The summed E-state index contributed by atoms with van der Waals surface area (Å²) in [6, 6.07) is 6.84. The van der Waals surface area contributed by atoms with Gasteiger partial charge in [0.1, 0.15) is 0 Å². The standard InChI is InChI=1S/C19H22N2O4S/c1-24-15-11-13(19(23)21-8-4-3-5-9-21)14(12-16(15)25-2)20-18(22)17-7-6-10-26-17/h6-7,10-12H,3-5,8-9H2,1-2H3,(H,20,22). The van der Waals surface area contributed by atoms with Gasteiger partial charge in [0.25, 0.3) is 11.8 Å². The first-order valence-electron chi connectivity index (χ1n) is 8.54. The van der Waals surface area contributed by atoms with Gasteiger partial charge in [-0.25, -0.2) is 0 Å². The van der Waals surface area contributed by atoms with Crippen molar-refractivity contribution in [2.24, 2.45) is 0 Å². The number of hydrogen-bond acceptors (Lipinski definition) is 5. The number of nitrogens with one attached hydrogen (secondary N) is 1. The van der Waals surface area contributed by atoms with Crippen molar-refractivity contribution in [2.45, 2.75) is 19.3 Å². The number of hydrogen-bond donors (Lipinski definition) is 1. The highest BCUT2D eigenvalue weighted by Crippen LogP contribution is 2.34. The van der Waals surface area contributed by atoms with Gasteiger partial charge >= 0.3 is 0 Å². The molecule has 2 aromatic rings. The lowest BCUT2D eigenvalue weighted by atomic mass is 10.1. The fourth-order valence-electron chi connectivity index (χ4n) is 3.02. The van der Waals surface area contributed by atoms with Gasteiger partial charge in [-0.3, -0.25) is 9.59 Å². The molecule has 2 heterocycles. The summed E-state index contributed by atoms with van der Waals surface area (Å²) in [7, 11) is 3.05. The minimum absolute atomic E-state index is 0.105. The Kier molecular flexibility index (Phi) is 5.78. The molecule has 1 aliphatic rings. The summed E-state index contributed by atoms with van der Waals surface area (Å²) in [5.74, 6) is 0.568. The quantitative estimate of drug-likeness (QED) is 0.868. The second-order valence-electron chi connectivity index (χ2n) is 6.04. The highest BCUT2D eigenvalue weighted by atomic mass is 32.1. The van der Waals surface area contributed by atoms with Gasteiger partial charge in [-0.2, -0.15) is 0 Å². The van der Waals surface area contributed by atoms with Crippen molar-refractivity contribution >= 4 is 28.8 Å². The van der Waals surface area contributed by atoms with Crippen LogP contribution >= 0.6 is 11.3 Å². The molecule has 0 saturated carbocycles. The third-order valence-electron chi connectivity index (χ3n) is 4.39. The van der Waals surface area contributed by atoms with E-state index in [1.165, 1.54) is 25.6 Å². The van der Waals surface area contributed by atoms with Gasteiger partial charge in [0.05, 0.1) is 30.3 Å².